The second-order valence-electron chi connectivity index (χ2n) is 5.64. The molecule has 0 aliphatic carbocycles. The molecule has 1 aromatic heterocycles. The van der Waals surface area contributed by atoms with Crippen LogP contribution < -0.4 is 10.6 Å². The summed E-state index contributed by atoms with van der Waals surface area (Å²) in [4.78, 5) is 9.28. The van der Waals surface area contributed by atoms with Crippen molar-refractivity contribution in [3.05, 3.63) is 11.4 Å². The zero-order valence-electron chi connectivity index (χ0n) is 12.9. The van der Waals surface area contributed by atoms with Crippen LogP contribution in [0.1, 0.15) is 38.6 Å². The van der Waals surface area contributed by atoms with Crippen molar-refractivity contribution in [3.8, 4) is 0 Å². The lowest BCUT2D eigenvalue weighted by atomic mass is 9.95. The molecule has 0 fully saturated rings. The van der Waals surface area contributed by atoms with Gasteiger partial charge in [-0.1, -0.05) is 20.8 Å². The first-order valence-electron chi connectivity index (χ1n) is 6.69. The third-order valence-corrected chi connectivity index (χ3v) is 3.57. The minimum atomic E-state index is -0.0466. The SMILES string of the molecule is CNc1nc(C(C)(C)C)nc(NCCCSC)c1C. The highest BCUT2D eigenvalue weighted by molar-refractivity contribution is 7.98. The maximum absolute atomic E-state index is 4.68. The Hall–Kier alpha value is -0.970. The fraction of sp³-hybridized carbons (Fsp3) is 0.714. The number of thioether (sulfide) groups is 1. The van der Waals surface area contributed by atoms with Crippen molar-refractivity contribution < 1.29 is 0 Å². The van der Waals surface area contributed by atoms with Gasteiger partial charge in [-0.3, -0.25) is 0 Å². The minimum absolute atomic E-state index is 0.0466. The summed E-state index contributed by atoms with van der Waals surface area (Å²) in [6, 6.07) is 0. The fourth-order valence-corrected chi connectivity index (χ4v) is 2.12. The Labute approximate surface area is 121 Å². The predicted octanol–water partition coefficient (Wildman–Crippen LogP) is 3.29. The van der Waals surface area contributed by atoms with Crippen LogP contribution in [0.15, 0.2) is 0 Å². The molecule has 0 atom stereocenters. The summed E-state index contributed by atoms with van der Waals surface area (Å²) in [5, 5.41) is 6.59. The molecular formula is C14H26N4S. The molecule has 0 spiro atoms. The topological polar surface area (TPSA) is 49.8 Å². The van der Waals surface area contributed by atoms with Crippen LogP contribution in [-0.2, 0) is 5.41 Å². The second kappa shape index (κ2) is 6.98. The van der Waals surface area contributed by atoms with Gasteiger partial charge in [0.05, 0.1) is 0 Å². The summed E-state index contributed by atoms with van der Waals surface area (Å²) >= 11 is 1.87. The van der Waals surface area contributed by atoms with Crippen LogP contribution in [0, 0.1) is 6.92 Å². The molecule has 2 N–H and O–H groups in total. The first-order valence-corrected chi connectivity index (χ1v) is 8.09. The highest BCUT2D eigenvalue weighted by Crippen LogP contribution is 2.25. The first-order chi connectivity index (χ1) is 8.90. The van der Waals surface area contributed by atoms with Gasteiger partial charge in [-0.25, -0.2) is 9.97 Å². The van der Waals surface area contributed by atoms with E-state index in [0.29, 0.717) is 0 Å². The van der Waals surface area contributed by atoms with Crippen LogP contribution in [0.25, 0.3) is 0 Å². The van der Waals surface area contributed by atoms with Gasteiger partial charge in [-0.05, 0) is 25.4 Å². The highest BCUT2D eigenvalue weighted by atomic mass is 32.2. The molecule has 0 amide bonds. The fourth-order valence-electron chi connectivity index (χ4n) is 1.69. The second-order valence-corrected chi connectivity index (χ2v) is 6.63. The lowest BCUT2D eigenvalue weighted by molar-refractivity contribution is 0.546. The Morgan fingerprint density at radius 3 is 2.32 bits per heavy atom. The van der Waals surface area contributed by atoms with E-state index >= 15 is 0 Å². The third kappa shape index (κ3) is 4.56. The van der Waals surface area contributed by atoms with Crippen molar-refractivity contribution >= 4 is 23.4 Å². The van der Waals surface area contributed by atoms with Crippen LogP contribution in [0.5, 0.6) is 0 Å². The summed E-state index contributed by atoms with van der Waals surface area (Å²) in [6.07, 6.45) is 3.27. The molecule has 1 aromatic rings. The first kappa shape index (κ1) is 16.1. The van der Waals surface area contributed by atoms with Crippen molar-refractivity contribution in [3.63, 3.8) is 0 Å². The average molecular weight is 282 g/mol. The van der Waals surface area contributed by atoms with E-state index in [1.807, 2.05) is 18.8 Å². The lowest BCUT2D eigenvalue weighted by Crippen LogP contribution is -2.19. The monoisotopic (exact) mass is 282 g/mol. The minimum Gasteiger partial charge on any atom is -0.373 e. The molecule has 0 aromatic carbocycles. The molecule has 0 bridgehead atoms. The number of hydrogen-bond donors (Lipinski definition) is 2. The molecular weight excluding hydrogens is 256 g/mol. The molecule has 19 heavy (non-hydrogen) atoms. The maximum Gasteiger partial charge on any atom is 0.138 e. The van der Waals surface area contributed by atoms with E-state index in [2.05, 4.69) is 54.6 Å². The number of hydrogen-bond acceptors (Lipinski definition) is 5. The van der Waals surface area contributed by atoms with Crippen molar-refractivity contribution in [1.29, 1.82) is 0 Å². The maximum atomic E-state index is 4.68. The van der Waals surface area contributed by atoms with Gasteiger partial charge in [0.15, 0.2) is 0 Å². The van der Waals surface area contributed by atoms with Gasteiger partial charge in [0, 0.05) is 24.6 Å². The van der Waals surface area contributed by atoms with E-state index in [0.717, 1.165) is 36.0 Å². The molecule has 1 rings (SSSR count). The molecule has 0 radical (unpaired) electrons. The normalized spacial score (nSPS) is 11.5. The van der Waals surface area contributed by atoms with Crippen molar-refractivity contribution in [2.45, 2.75) is 39.5 Å². The smallest absolute Gasteiger partial charge is 0.138 e. The molecule has 1 heterocycles. The standard InChI is InChI=1S/C14H26N4S/c1-10-11(15-5)17-13(14(2,3)4)18-12(10)16-8-7-9-19-6/h7-9H2,1-6H3,(H2,15,16,17,18). The van der Waals surface area contributed by atoms with Crippen molar-refractivity contribution in [2.75, 3.05) is 36.2 Å². The van der Waals surface area contributed by atoms with Gasteiger partial charge in [0.1, 0.15) is 17.5 Å². The molecule has 5 heteroatoms. The summed E-state index contributed by atoms with van der Waals surface area (Å²) in [5.74, 6) is 3.90. The number of aromatic nitrogens is 2. The number of rotatable bonds is 6. The number of nitrogens with zero attached hydrogens (tertiary/aromatic N) is 2. The quantitative estimate of drug-likeness (QED) is 0.784. The Morgan fingerprint density at radius 2 is 1.79 bits per heavy atom. The molecule has 0 aliphatic heterocycles. The zero-order valence-corrected chi connectivity index (χ0v) is 13.7. The van der Waals surface area contributed by atoms with Crippen LogP contribution in [0.2, 0.25) is 0 Å². The van der Waals surface area contributed by atoms with E-state index in [1.54, 1.807) is 0 Å². The van der Waals surface area contributed by atoms with Crippen LogP contribution in [-0.4, -0.2) is 35.6 Å². The molecule has 0 unspecified atom stereocenters. The lowest BCUT2D eigenvalue weighted by Gasteiger charge is -2.20. The van der Waals surface area contributed by atoms with Gasteiger partial charge in [-0.2, -0.15) is 11.8 Å². The molecule has 0 saturated heterocycles. The van der Waals surface area contributed by atoms with E-state index in [4.69, 9.17) is 0 Å². The van der Waals surface area contributed by atoms with Gasteiger partial charge in [0.25, 0.3) is 0 Å². The van der Waals surface area contributed by atoms with E-state index in [9.17, 15) is 0 Å². The summed E-state index contributed by atoms with van der Waals surface area (Å²) in [5.41, 5.74) is 1.04. The summed E-state index contributed by atoms with van der Waals surface area (Å²) in [6.45, 7) is 9.40. The van der Waals surface area contributed by atoms with Crippen LogP contribution >= 0.6 is 11.8 Å². The Morgan fingerprint density at radius 1 is 1.16 bits per heavy atom. The third-order valence-electron chi connectivity index (χ3n) is 2.87. The largest absolute Gasteiger partial charge is 0.373 e. The average Bonchev–Trinajstić information content (AvgIpc) is 2.35. The van der Waals surface area contributed by atoms with E-state index < -0.39 is 0 Å². The van der Waals surface area contributed by atoms with Gasteiger partial charge < -0.3 is 10.6 Å². The highest BCUT2D eigenvalue weighted by Gasteiger charge is 2.20. The van der Waals surface area contributed by atoms with Gasteiger partial charge in [-0.15, -0.1) is 0 Å². The Kier molecular flexibility index (Phi) is 5.91. The van der Waals surface area contributed by atoms with Gasteiger partial charge >= 0.3 is 0 Å². The number of anilines is 2. The van der Waals surface area contributed by atoms with Crippen LogP contribution in [0.4, 0.5) is 11.6 Å². The van der Waals surface area contributed by atoms with Crippen LogP contribution in [0.3, 0.4) is 0 Å². The number of nitrogens with one attached hydrogen (secondary N) is 2. The summed E-state index contributed by atoms with van der Waals surface area (Å²) < 4.78 is 0. The zero-order chi connectivity index (χ0) is 14.5. The Balaban J connectivity index is 2.95. The van der Waals surface area contributed by atoms with E-state index in [-0.39, 0.29) is 5.41 Å². The molecule has 4 nitrogen and oxygen atoms in total. The van der Waals surface area contributed by atoms with Gasteiger partial charge in [0.2, 0.25) is 0 Å². The molecule has 0 aliphatic rings. The molecule has 0 saturated carbocycles. The van der Waals surface area contributed by atoms with E-state index in [1.165, 1.54) is 5.75 Å². The Bertz CT molecular complexity index is 413. The van der Waals surface area contributed by atoms with Crippen molar-refractivity contribution in [1.82, 2.24) is 9.97 Å². The molecule has 108 valence electrons. The van der Waals surface area contributed by atoms with Crippen molar-refractivity contribution in [2.24, 2.45) is 0 Å². The predicted molar refractivity (Wildman–Crippen MR) is 86.5 cm³/mol. The summed E-state index contributed by atoms with van der Waals surface area (Å²) in [7, 11) is 1.90.